The van der Waals surface area contributed by atoms with Crippen LogP contribution in [0.5, 0.6) is 0 Å². The lowest BCUT2D eigenvalue weighted by atomic mass is 9.98. The van der Waals surface area contributed by atoms with Crippen molar-refractivity contribution in [2.75, 3.05) is 0 Å². The second kappa shape index (κ2) is 4.82. The Labute approximate surface area is 121 Å². The van der Waals surface area contributed by atoms with E-state index in [1.807, 2.05) is 0 Å². The lowest BCUT2D eigenvalue weighted by molar-refractivity contribution is 0.366. The molecule has 2 nitrogen and oxygen atoms in total. The maximum Gasteiger partial charge on any atom is 0.178 e. The molecular formula is C14H17BrN2S. The lowest BCUT2D eigenvalue weighted by Crippen LogP contribution is -2.13. The third-order valence-electron chi connectivity index (χ3n) is 4.19. The highest BCUT2D eigenvalue weighted by Gasteiger charge is 2.24. The second-order valence-corrected chi connectivity index (χ2v) is 6.67. The summed E-state index contributed by atoms with van der Waals surface area (Å²) in [6, 6.07) is 6.32. The van der Waals surface area contributed by atoms with Gasteiger partial charge in [-0.3, -0.25) is 0 Å². The van der Waals surface area contributed by atoms with E-state index in [1.165, 1.54) is 24.8 Å². The molecule has 1 aliphatic carbocycles. The van der Waals surface area contributed by atoms with Crippen LogP contribution < -0.4 is 0 Å². The van der Waals surface area contributed by atoms with E-state index in [0.29, 0.717) is 0 Å². The molecule has 3 rings (SSSR count). The Morgan fingerprint density at radius 3 is 3.00 bits per heavy atom. The van der Waals surface area contributed by atoms with E-state index in [4.69, 9.17) is 12.2 Å². The minimum Gasteiger partial charge on any atom is -0.331 e. The van der Waals surface area contributed by atoms with Crippen molar-refractivity contribution in [3.8, 4) is 0 Å². The van der Waals surface area contributed by atoms with Gasteiger partial charge in [-0.25, -0.2) is 0 Å². The maximum absolute atomic E-state index is 5.46. The number of H-pyrrole nitrogens is 1. The Balaban J connectivity index is 2.01. The number of rotatable bonds is 2. The van der Waals surface area contributed by atoms with Crippen molar-refractivity contribution < 1.29 is 0 Å². The van der Waals surface area contributed by atoms with Crippen LogP contribution in [0.3, 0.4) is 0 Å². The molecule has 1 N–H and O–H groups in total. The van der Waals surface area contributed by atoms with Gasteiger partial charge in [-0.05, 0) is 48.7 Å². The SMILES string of the molecule is CC1CCCC1Cn1c(=S)[nH]c2cc(Br)ccc21. The minimum absolute atomic E-state index is 0.777. The molecule has 2 atom stereocenters. The molecule has 0 amide bonds. The van der Waals surface area contributed by atoms with Crippen LogP contribution in [0.4, 0.5) is 0 Å². The van der Waals surface area contributed by atoms with E-state index in [0.717, 1.165) is 33.1 Å². The van der Waals surface area contributed by atoms with Crippen LogP contribution in [0.2, 0.25) is 0 Å². The predicted octanol–water partition coefficient (Wildman–Crippen LogP) is 4.90. The number of fused-ring (bicyclic) bond motifs is 1. The Hall–Kier alpha value is -0.610. The third-order valence-corrected chi connectivity index (χ3v) is 5.01. The molecule has 0 radical (unpaired) electrons. The van der Waals surface area contributed by atoms with Gasteiger partial charge in [-0.15, -0.1) is 0 Å². The smallest absolute Gasteiger partial charge is 0.178 e. The first kappa shape index (κ1) is 12.4. The van der Waals surface area contributed by atoms with Gasteiger partial charge in [0.05, 0.1) is 11.0 Å². The van der Waals surface area contributed by atoms with E-state index in [9.17, 15) is 0 Å². The monoisotopic (exact) mass is 324 g/mol. The number of aromatic nitrogens is 2. The number of nitrogens with one attached hydrogen (secondary N) is 1. The van der Waals surface area contributed by atoms with E-state index in [2.05, 4.69) is 50.6 Å². The Kier molecular flexibility index (Phi) is 3.32. The van der Waals surface area contributed by atoms with Crippen molar-refractivity contribution in [1.29, 1.82) is 0 Å². The molecule has 1 aliphatic rings. The van der Waals surface area contributed by atoms with Gasteiger partial charge in [0.25, 0.3) is 0 Å². The van der Waals surface area contributed by atoms with Crippen molar-refractivity contribution in [3.63, 3.8) is 0 Å². The Morgan fingerprint density at radius 2 is 2.28 bits per heavy atom. The lowest BCUT2D eigenvalue weighted by Gasteiger charge is -2.16. The van der Waals surface area contributed by atoms with Crippen molar-refractivity contribution in [3.05, 3.63) is 27.4 Å². The molecular weight excluding hydrogens is 308 g/mol. The summed E-state index contributed by atoms with van der Waals surface area (Å²) >= 11 is 8.96. The summed E-state index contributed by atoms with van der Waals surface area (Å²) in [6.07, 6.45) is 4.07. The molecule has 0 aliphatic heterocycles. The van der Waals surface area contributed by atoms with Crippen LogP contribution in [-0.4, -0.2) is 9.55 Å². The number of imidazole rings is 1. The van der Waals surface area contributed by atoms with Crippen LogP contribution in [0.25, 0.3) is 11.0 Å². The molecule has 2 aromatic rings. The van der Waals surface area contributed by atoms with E-state index >= 15 is 0 Å². The first-order valence-corrected chi connectivity index (χ1v) is 7.73. The standard InChI is InChI=1S/C14H17BrN2S/c1-9-3-2-4-10(9)8-17-13-6-5-11(15)7-12(13)16-14(17)18/h5-7,9-10H,2-4,8H2,1H3,(H,16,18). The molecule has 0 saturated heterocycles. The van der Waals surface area contributed by atoms with Crippen molar-refractivity contribution in [2.24, 2.45) is 11.8 Å². The fourth-order valence-corrected chi connectivity index (χ4v) is 3.69. The van der Waals surface area contributed by atoms with Gasteiger partial charge in [0.15, 0.2) is 4.77 Å². The number of nitrogens with zero attached hydrogens (tertiary/aromatic N) is 1. The maximum atomic E-state index is 5.46. The summed E-state index contributed by atoms with van der Waals surface area (Å²) in [4.78, 5) is 3.30. The first-order valence-electron chi connectivity index (χ1n) is 6.53. The van der Waals surface area contributed by atoms with Gasteiger partial charge >= 0.3 is 0 Å². The molecule has 1 heterocycles. The van der Waals surface area contributed by atoms with E-state index < -0.39 is 0 Å². The summed E-state index contributed by atoms with van der Waals surface area (Å²) < 4.78 is 4.21. The molecule has 1 fully saturated rings. The van der Waals surface area contributed by atoms with Crippen LogP contribution in [0, 0.1) is 16.6 Å². The third kappa shape index (κ3) is 2.16. The number of benzene rings is 1. The van der Waals surface area contributed by atoms with Crippen molar-refractivity contribution >= 4 is 39.2 Å². The van der Waals surface area contributed by atoms with Gasteiger partial charge < -0.3 is 9.55 Å². The van der Waals surface area contributed by atoms with Gasteiger partial charge in [-0.2, -0.15) is 0 Å². The quantitative estimate of drug-likeness (QED) is 0.779. The molecule has 18 heavy (non-hydrogen) atoms. The highest BCUT2D eigenvalue weighted by Crippen LogP contribution is 2.33. The predicted molar refractivity (Wildman–Crippen MR) is 81.3 cm³/mol. The van der Waals surface area contributed by atoms with Gasteiger partial charge in [0, 0.05) is 11.0 Å². The van der Waals surface area contributed by atoms with Crippen LogP contribution in [0.15, 0.2) is 22.7 Å². The van der Waals surface area contributed by atoms with Crippen LogP contribution in [0.1, 0.15) is 26.2 Å². The van der Waals surface area contributed by atoms with Crippen LogP contribution >= 0.6 is 28.1 Å². The first-order chi connectivity index (χ1) is 8.65. The summed E-state index contributed by atoms with van der Waals surface area (Å²) in [6.45, 7) is 3.42. The molecule has 4 heteroatoms. The Morgan fingerprint density at radius 1 is 1.44 bits per heavy atom. The minimum atomic E-state index is 0.777. The number of hydrogen-bond acceptors (Lipinski definition) is 1. The largest absolute Gasteiger partial charge is 0.331 e. The molecule has 96 valence electrons. The van der Waals surface area contributed by atoms with E-state index in [-0.39, 0.29) is 0 Å². The van der Waals surface area contributed by atoms with Gasteiger partial charge in [-0.1, -0.05) is 35.7 Å². The summed E-state index contributed by atoms with van der Waals surface area (Å²) in [5.41, 5.74) is 2.35. The normalized spacial score (nSPS) is 23.9. The van der Waals surface area contributed by atoms with Crippen LogP contribution in [-0.2, 0) is 6.54 Å². The average molecular weight is 325 g/mol. The number of aromatic amines is 1. The topological polar surface area (TPSA) is 20.7 Å². The fourth-order valence-electron chi connectivity index (χ4n) is 3.05. The molecule has 1 aromatic heterocycles. The zero-order chi connectivity index (χ0) is 12.7. The number of hydrogen-bond donors (Lipinski definition) is 1. The van der Waals surface area contributed by atoms with Crippen molar-refractivity contribution in [2.45, 2.75) is 32.7 Å². The Bertz CT molecular complexity index is 628. The highest BCUT2D eigenvalue weighted by atomic mass is 79.9. The molecule has 1 saturated carbocycles. The zero-order valence-electron chi connectivity index (χ0n) is 10.4. The van der Waals surface area contributed by atoms with Gasteiger partial charge in [0.2, 0.25) is 0 Å². The fraction of sp³-hybridized carbons (Fsp3) is 0.500. The highest BCUT2D eigenvalue weighted by molar-refractivity contribution is 9.10. The molecule has 1 aromatic carbocycles. The second-order valence-electron chi connectivity index (χ2n) is 5.37. The molecule has 2 unspecified atom stereocenters. The molecule has 0 bridgehead atoms. The molecule has 0 spiro atoms. The number of halogens is 1. The van der Waals surface area contributed by atoms with Crippen molar-refractivity contribution in [1.82, 2.24) is 9.55 Å². The summed E-state index contributed by atoms with van der Waals surface area (Å²) in [5, 5.41) is 0. The van der Waals surface area contributed by atoms with Gasteiger partial charge in [0.1, 0.15) is 0 Å². The van der Waals surface area contributed by atoms with E-state index in [1.54, 1.807) is 0 Å². The average Bonchev–Trinajstić information content (AvgIpc) is 2.85. The summed E-state index contributed by atoms with van der Waals surface area (Å²) in [5.74, 6) is 1.60. The zero-order valence-corrected chi connectivity index (χ0v) is 12.9. The summed E-state index contributed by atoms with van der Waals surface area (Å²) in [7, 11) is 0.